The minimum absolute atomic E-state index is 0.0554. The first-order valence-electron chi connectivity index (χ1n) is 5.53. The van der Waals surface area contributed by atoms with Gasteiger partial charge in [-0.3, -0.25) is 0 Å². The summed E-state index contributed by atoms with van der Waals surface area (Å²) in [6, 6.07) is 0.496. The van der Waals surface area contributed by atoms with Gasteiger partial charge < -0.3 is 14.8 Å². The molecule has 0 aromatic carbocycles. The summed E-state index contributed by atoms with van der Waals surface area (Å²) in [5.41, 5.74) is 0. The molecular weight excluding hydrogens is 194 g/mol. The second-order valence-electron chi connectivity index (χ2n) is 4.05. The average Bonchev–Trinajstić information content (AvgIpc) is 2.09. The van der Waals surface area contributed by atoms with Gasteiger partial charge in [-0.25, -0.2) is 4.79 Å². The molecular formula is C11H23NO3. The molecule has 0 unspecified atom stereocenters. The van der Waals surface area contributed by atoms with E-state index in [4.69, 9.17) is 9.47 Å². The van der Waals surface area contributed by atoms with Gasteiger partial charge >= 0.3 is 5.97 Å². The molecule has 0 aliphatic rings. The molecule has 0 spiro atoms. The van der Waals surface area contributed by atoms with E-state index in [-0.39, 0.29) is 18.7 Å². The predicted molar refractivity (Wildman–Crippen MR) is 59.8 cm³/mol. The molecule has 0 aromatic rings. The maximum Gasteiger partial charge on any atom is 0.332 e. The van der Waals surface area contributed by atoms with Crippen LogP contribution in [0, 0.1) is 0 Å². The number of hydrogen-bond donors (Lipinski definition) is 1. The Balaban J connectivity index is 3.20. The fraction of sp³-hybridized carbons (Fsp3) is 0.909. The molecule has 0 aromatic heterocycles. The molecule has 1 N–H and O–H groups in total. The number of ether oxygens (including phenoxy) is 2. The smallest absolute Gasteiger partial charge is 0.332 e. The Morgan fingerprint density at radius 2 is 1.93 bits per heavy atom. The SMILES string of the molecule is CC(C)NCCCOCC(=O)OC(C)C. The fourth-order valence-corrected chi connectivity index (χ4v) is 1.02. The number of rotatable bonds is 8. The average molecular weight is 217 g/mol. The number of carbonyl (C=O) groups is 1. The summed E-state index contributed by atoms with van der Waals surface area (Å²) in [7, 11) is 0. The van der Waals surface area contributed by atoms with E-state index in [1.54, 1.807) is 0 Å². The Labute approximate surface area is 92.3 Å². The highest BCUT2D eigenvalue weighted by atomic mass is 16.6. The predicted octanol–water partition coefficient (Wildman–Crippen LogP) is 1.34. The van der Waals surface area contributed by atoms with Gasteiger partial charge in [-0.15, -0.1) is 0 Å². The van der Waals surface area contributed by atoms with E-state index in [0.717, 1.165) is 13.0 Å². The summed E-state index contributed by atoms with van der Waals surface area (Å²) in [5.74, 6) is -0.290. The number of esters is 1. The van der Waals surface area contributed by atoms with Crippen LogP contribution >= 0.6 is 0 Å². The highest BCUT2D eigenvalue weighted by Gasteiger charge is 2.04. The number of hydrogen-bond acceptors (Lipinski definition) is 4. The van der Waals surface area contributed by atoms with Gasteiger partial charge in [-0.05, 0) is 26.8 Å². The van der Waals surface area contributed by atoms with Crippen LogP contribution in [0.3, 0.4) is 0 Å². The third-order valence-corrected chi connectivity index (χ3v) is 1.61. The van der Waals surface area contributed by atoms with Crippen LogP contribution < -0.4 is 5.32 Å². The van der Waals surface area contributed by atoms with E-state index < -0.39 is 0 Å². The summed E-state index contributed by atoms with van der Waals surface area (Å²) >= 11 is 0. The lowest BCUT2D eigenvalue weighted by atomic mass is 10.3. The molecule has 4 heteroatoms. The van der Waals surface area contributed by atoms with E-state index in [0.29, 0.717) is 12.6 Å². The quantitative estimate of drug-likeness (QED) is 0.492. The van der Waals surface area contributed by atoms with Crippen LogP contribution in [0.4, 0.5) is 0 Å². The molecule has 0 aliphatic carbocycles. The van der Waals surface area contributed by atoms with Gasteiger partial charge in [0.25, 0.3) is 0 Å². The number of carbonyl (C=O) groups excluding carboxylic acids is 1. The van der Waals surface area contributed by atoms with Crippen LogP contribution in [-0.2, 0) is 14.3 Å². The van der Waals surface area contributed by atoms with Crippen molar-refractivity contribution in [1.29, 1.82) is 0 Å². The van der Waals surface area contributed by atoms with Crippen molar-refractivity contribution in [3.8, 4) is 0 Å². The van der Waals surface area contributed by atoms with Gasteiger partial charge in [0.15, 0.2) is 0 Å². The largest absolute Gasteiger partial charge is 0.461 e. The highest BCUT2D eigenvalue weighted by Crippen LogP contribution is 1.90. The summed E-state index contributed by atoms with van der Waals surface area (Å²) in [6.45, 7) is 9.40. The Morgan fingerprint density at radius 3 is 2.47 bits per heavy atom. The normalized spacial score (nSPS) is 11.1. The van der Waals surface area contributed by atoms with Gasteiger partial charge in [0, 0.05) is 12.6 Å². The zero-order valence-electron chi connectivity index (χ0n) is 10.2. The van der Waals surface area contributed by atoms with Crippen molar-refractivity contribution in [3.63, 3.8) is 0 Å². The lowest BCUT2D eigenvalue weighted by Gasteiger charge is -2.09. The van der Waals surface area contributed by atoms with Gasteiger partial charge in [0.2, 0.25) is 0 Å². The van der Waals surface area contributed by atoms with Crippen molar-refractivity contribution in [2.45, 2.75) is 46.3 Å². The Bertz CT molecular complexity index is 169. The van der Waals surface area contributed by atoms with Crippen molar-refractivity contribution in [1.82, 2.24) is 5.32 Å². The van der Waals surface area contributed by atoms with Gasteiger partial charge in [-0.2, -0.15) is 0 Å². The molecule has 0 heterocycles. The molecule has 0 aliphatic heterocycles. The van der Waals surface area contributed by atoms with Crippen LogP contribution in [0.1, 0.15) is 34.1 Å². The molecule has 0 fully saturated rings. The van der Waals surface area contributed by atoms with E-state index in [2.05, 4.69) is 19.2 Å². The Hall–Kier alpha value is -0.610. The van der Waals surface area contributed by atoms with E-state index in [9.17, 15) is 4.79 Å². The van der Waals surface area contributed by atoms with Crippen LogP contribution in [-0.4, -0.2) is 37.9 Å². The van der Waals surface area contributed by atoms with E-state index in [1.807, 2.05) is 13.8 Å². The first kappa shape index (κ1) is 14.4. The minimum Gasteiger partial charge on any atom is -0.461 e. The first-order valence-corrected chi connectivity index (χ1v) is 5.53. The standard InChI is InChI=1S/C11H23NO3/c1-9(2)12-6-5-7-14-8-11(13)15-10(3)4/h9-10,12H,5-8H2,1-4H3. The lowest BCUT2D eigenvalue weighted by Crippen LogP contribution is -2.25. The van der Waals surface area contributed by atoms with Crippen LogP contribution in [0.5, 0.6) is 0 Å². The van der Waals surface area contributed by atoms with Crippen LogP contribution in [0.2, 0.25) is 0 Å². The van der Waals surface area contributed by atoms with Crippen molar-refractivity contribution in [2.75, 3.05) is 19.8 Å². The van der Waals surface area contributed by atoms with Crippen LogP contribution in [0.25, 0.3) is 0 Å². The third kappa shape index (κ3) is 11.3. The molecule has 0 radical (unpaired) electrons. The molecule has 0 amide bonds. The highest BCUT2D eigenvalue weighted by molar-refractivity contribution is 5.70. The van der Waals surface area contributed by atoms with Gasteiger partial charge in [-0.1, -0.05) is 13.8 Å². The third-order valence-electron chi connectivity index (χ3n) is 1.61. The van der Waals surface area contributed by atoms with Crippen molar-refractivity contribution >= 4 is 5.97 Å². The minimum atomic E-state index is -0.290. The molecule has 4 nitrogen and oxygen atoms in total. The maximum atomic E-state index is 11.0. The number of nitrogens with one attached hydrogen (secondary N) is 1. The zero-order valence-corrected chi connectivity index (χ0v) is 10.2. The summed E-state index contributed by atoms with van der Waals surface area (Å²) in [4.78, 5) is 11.0. The molecule has 90 valence electrons. The molecule has 0 saturated carbocycles. The van der Waals surface area contributed by atoms with Gasteiger partial charge in [0.05, 0.1) is 6.10 Å². The molecule has 0 atom stereocenters. The summed E-state index contributed by atoms with van der Waals surface area (Å²) in [5, 5.41) is 3.27. The van der Waals surface area contributed by atoms with Crippen molar-refractivity contribution < 1.29 is 14.3 Å². The molecule has 15 heavy (non-hydrogen) atoms. The lowest BCUT2D eigenvalue weighted by molar-refractivity contribution is -0.152. The Kier molecular flexibility index (Phi) is 8.33. The zero-order chi connectivity index (χ0) is 11.7. The van der Waals surface area contributed by atoms with Gasteiger partial charge in [0.1, 0.15) is 6.61 Å². The second kappa shape index (κ2) is 8.68. The molecule has 0 bridgehead atoms. The van der Waals surface area contributed by atoms with E-state index in [1.165, 1.54) is 0 Å². The van der Waals surface area contributed by atoms with E-state index >= 15 is 0 Å². The first-order chi connectivity index (χ1) is 7.02. The Morgan fingerprint density at radius 1 is 1.27 bits per heavy atom. The monoisotopic (exact) mass is 217 g/mol. The molecule has 0 saturated heterocycles. The van der Waals surface area contributed by atoms with Crippen LogP contribution in [0.15, 0.2) is 0 Å². The summed E-state index contributed by atoms with van der Waals surface area (Å²) in [6.07, 6.45) is 0.844. The fourth-order valence-electron chi connectivity index (χ4n) is 1.02. The second-order valence-corrected chi connectivity index (χ2v) is 4.05. The summed E-state index contributed by atoms with van der Waals surface area (Å²) < 4.78 is 10.1. The van der Waals surface area contributed by atoms with Crippen molar-refractivity contribution in [3.05, 3.63) is 0 Å². The maximum absolute atomic E-state index is 11.0. The topological polar surface area (TPSA) is 47.6 Å². The molecule has 0 rings (SSSR count). The van der Waals surface area contributed by atoms with Crippen molar-refractivity contribution in [2.24, 2.45) is 0 Å².